The zero-order valence-electron chi connectivity index (χ0n) is 10.7. The van der Waals surface area contributed by atoms with Crippen LogP contribution in [0.5, 0.6) is 11.5 Å². The molecule has 0 atom stereocenters. The summed E-state index contributed by atoms with van der Waals surface area (Å²) in [6, 6.07) is 10.9. The van der Waals surface area contributed by atoms with Crippen LogP contribution >= 0.6 is 23.2 Å². The molecule has 2 aromatic carbocycles. The van der Waals surface area contributed by atoms with Gasteiger partial charge >= 0.3 is 0 Å². The Morgan fingerprint density at radius 3 is 2.26 bits per heavy atom. The Hall–Kier alpha value is -1.58. The Labute approximate surface area is 122 Å². The van der Waals surface area contributed by atoms with E-state index in [4.69, 9.17) is 33.7 Å². The van der Waals surface area contributed by atoms with Crippen LogP contribution in [-0.2, 0) is 0 Å². The summed E-state index contributed by atoms with van der Waals surface area (Å²) in [5.74, 6) is 1.08. The van der Waals surface area contributed by atoms with Crippen LogP contribution < -0.4 is 15.4 Å². The minimum absolute atomic E-state index is 0.389. The van der Waals surface area contributed by atoms with Crippen molar-refractivity contribution in [1.29, 1.82) is 0 Å². The molecule has 0 saturated heterocycles. The average Bonchev–Trinajstić information content (AvgIpc) is 2.34. The molecule has 0 radical (unpaired) electrons. The molecule has 2 aromatic rings. The lowest BCUT2D eigenvalue weighted by atomic mass is 10.2. The van der Waals surface area contributed by atoms with Crippen molar-refractivity contribution in [3.05, 3.63) is 46.4 Å². The van der Waals surface area contributed by atoms with E-state index in [2.05, 4.69) is 0 Å². The highest BCUT2D eigenvalue weighted by Crippen LogP contribution is 2.38. The molecule has 0 fully saturated rings. The van der Waals surface area contributed by atoms with Crippen molar-refractivity contribution in [2.75, 3.05) is 24.7 Å². The quantitative estimate of drug-likeness (QED) is 0.851. The van der Waals surface area contributed by atoms with Gasteiger partial charge in [0.2, 0.25) is 0 Å². The van der Waals surface area contributed by atoms with Crippen LogP contribution in [0.25, 0.3) is 0 Å². The first kappa shape index (κ1) is 13.8. The summed E-state index contributed by atoms with van der Waals surface area (Å²) in [6.45, 7) is 0. The number of hydrogen-bond donors (Lipinski definition) is 1. The van der Waals surface area contributed by atoms with Gasteiger partial charge in [0, 0.05) is 31.5 Å². The van der Waals surface area contributed by atoms with Crippen molar-refractivity contribution in [2.24, 2.45) is 0 Å². The predicted molar refractivity (Wildman–Crippen MR) is 81.7 cm³/mol. The van der Waals surface area contributed by atoms with Gasteiger partial charge in [0.25, 0.3) is 0 Å². The van der Waals surface area contributed by atoms with E-state index in [1.54, 1.807) is 12.1 Å². The van der Waals surface area contributed by atoms with E-state index in [0.29, 0.717) is 27.2 Å². The molecule has 0 aromatic heterocycles. The molecule has 2 rings (SSSR count). The Balaban J connectivity index is 2.34. The van der Waals surface area contributed by atoms with Gasteiger partial charge in [-0.05, 0) is 24.3 Å². The third-order valence-electron chi connectivity index (χ3n) is 2.57. The van der Waals surface area contributed by atoms with Gasteiger partial charge in [-0.2, -0.15) is 0 Å². The third-order valence-corrected chi connectivity index (χ3v) is 3.14. The number of nitrogens with zero attached hydrogens (tertiary/aromatic N) is 1. The van der Waals surface area contributed by atoms with Gasteiger partial charge in [0.1, 0.15) is 5.75 Å². The summed E-state index contributed by atoms with van der Waals surface area (Å²) in [7, 11) is 3.92. The molecule has 19 heavy (non-hydrogen) atoms. The molecular weight excluding hydrogens is 283 g/mol. The van der Waals surface area contributed by atoms with Gasteiger partial charge in [-0.25, -0.2) is 0 Å². The second kappa shape index (κ2) is 5.59. The lowest BCUT2D eigenvalue weighted by Crippen LogP contribution is -2.08. The highest BCUT2D eigenvalue weighted by Gasteiger charge is 2.10. The van der Waals surface area contributed by atoms with Crippen molar-refractivity contribution in [3.63, 3.8) is 0 Å². The number of rotatable bonds is 3. The maximum Gasteiger partial charge on any atom is 0.164 e. The normalized spacial score (nSPS) is 10.3. The monoisotopic (exact) mass is 296 g/mol. The highest BCUT2D eigenvalue weighted by molar-refractivity contribution is 6.37. The van der Waals surface area contributed by atoms with Crippen LogP contribution in [-0.4, -0.2) is 14.1 Å². The molecule has 0 aliphatic rings. The van der Waals surface area contributed by atoms with E-state index in [9.17, 15) is 0 Å². The fourth-order valence-electron chi connectivity index (χ4n) is 1.62. The summed E-state index contributed by atoms with van der Waals surface area (Å²) in [6.07, 6.45) is 0. The summed E-state index contributed by atoms with van der Waals surface area (Å²) >= 11 is 12.2. The van der Waals surface area contributed by atoms with Gasteiger partial charge in [-0.1, -0.05) is 29.3 Å². The van der Waals surface area contributed by atoms with E-state index in [0.717, 1.165) is 5.69 Å². The largest absolute Gasteiger partial charge is 0.454 e. The maximum absolute atomic E-state index is 6.09. The molecular formula is C14H14Cl2N2O. The fraction of sp³-hybridized carbons (Fsp3) is 0.143. The van der Waals surface area contributed by atoms with Gasteiger partial charge in [0.15, 0.2) is 5.75 Å². The SMILES string of the molecule is CN(C)c1cccc(Oc2c(Cl)cc(N)cc2Cl)c1. The minimum atomic E-state index is 0.389. The van der Waals surface area contributed by atoms with Crippen LogP contribution in [0, 0.1) is 0 Å². The molecule has 0 aliphatic heterocycles. The topological polar surface area (TPSA) is 38.5 Å². The number of anilines is 2. The van der Waals surface area contributed by atoms with Crippen LogP contribution in [0.1, 0.15) is 0 Å². The third kappa shape index (κ3) is 3.25. The molecule has 0 bridgehead atoms. The van der Waals surface area contributed by atoms with Crippen molar-refractivity contribution in [1.82, 2.24) is 0 Å². The van der Waals surface area contributed by atoms with Crippen molar-refractivity contribution < 1.29 is 4.74 Å². The second-order valence-electron chi connectivity index (χ2n) is 4.31. The zero-order valence-corrected chi connectivity index (χ0v) is 12.2. The predicted octanol–water partition coefficient (Wildman–Crippen LogP) is 4.43. The lowest BCUT2D eigenvalue weighted by Gasteiger charge is -2.15. The van der Waals surface area contributed by atoms with Crippen LogP contribution in [0.4, 0.5) is 11.4 Å². The Morgan fingerprint density at radius 1 is 1.05 bits per heavy atom. The molecule has 0 heterocycles. The number of halogens is 2. The lowest BCUT2D eigenvalue weighted by molar-refractivity contribution is 0.483. The summed E-state index contributed by atoms with van der Waals surface area (Å²) in [4.78, 5) is 1.99. The molecule has 3 nitrogen and oxygen atoms in total. The summed E-state index contributed by atoms with van der Waals surface area (Å²) < 4.78 is 5.74. The highest BCUT2D eigenvalue weighted by atomic mass is 35.5. The number of benzene rings is 2. The van der Waals surface area contributed by atoms with Gasteiger partial charge in [-0.3, -0.25) is 0 Å². The van der Waals surface area contributed by atoms with Gasteiger partial charge < -0.3 is 15.4 Å². The van der Waals surface area contributed by atoms with Crippen LogP contribution in [0.2, 0.25) is 10.0 Å². The molecule has 0 spiro atoms. The number of hydrogen-bond acceptors (Lipinski definition) is 3. The molecule has 0 amide bonds. The number of ether oxygens (including phenoxy) is 1. The number of nitrogens with two attached hydrogens (primary N) is 1. The maximum atomic E-state index is 6.09. The molecule has 5 heteroatoms. The van der Waals surface area contributed by atoms with Crippen molar-refractivity contribution in [2.45, 2.75) is 0 Å². The molecule has 0 aliphatic carbocycles. The zero-order chi connectivity index (χ0) is 14.0. The molecule has 0 saturated carbocycles. The Bertz CT molecular complexity index is 577. The first-order valence-corrected chi connectivity index (χ1v) is 6.42. The average molecular weight is 297 g/mol. The molecule has 100 valence electrons. The second-order valence-corrected chi connectivity index (χ2v) is 5.12. The van der Waals surface area contributed by atoms with E-state index in [1.165, 1.54) is 0 Å². The van der Waals surface area contributed by atoms with E-state index < -0.39 is 0 Å². The van der Waals surface area contributed by atoms with E-state index in [1.807, 2.05) is 43.3 Å². The smallest absolute Gasteiger partial charge is 0.164 e. The van der Waals surface area contributed by atoms with Crippen molar-refractivity contribution in [3.8, 4) is 11.5 Å². The molecule has 0 unspecified atom stereocenters. The fourth-order valence-corrected chi connectivity index (χ4v) is 2.20. The van der Waals surface area contributed by atoms with Crippen molar-refractivity contribution >= 4 is 34.6 Å². The Morgan fingerprint density at radius 2 is 1.68 bits per heavy atom. The van der Waals surface area contributed by atoms with Gasteiger partial charge in [-0.15, -0.1) is 0 Å². The standard InChI is InChI=1S/C14H14Cl2N2O/c1-18(2)10-4-3-5-11(8-10)19-14-12(15)6-9(17)7-13(14)16/h3-8H,17H2,1-2H3. The Kier molecular flexibility index (Phi) is 4.08. The van der Waals surface area contributed by atoms with Crippen LogP contribution in [0.15, 0.2) is 36.4 Å². The minimum Gasteiger partial charge on any atom is -0.454 e. The van der Waals surface area contributed by atoms with E-state index in [-0.39, 0.29) is 0 Å². The summed E-state index contributed by atoms with van der Waals surface area (Å²) in [5, 5.41) is 0.778. The van der Waals surface area contributed by atoms with Gasteiger partial charge in [0.05, 0.1) is 10.0 Å². The molecule has 2 N–H and O–H groups in total. The van der Waals surface area contributed by atoms with Crippen LogP contribution in [0.3, 0.4) is 0 Å². The first-order chi connectivity index (χ1) is 8.97. The van der Waals surface area contributed by atoms with E-state index >= 15 is 0 Å². The number of nitrogen functional groups attached to an aromatic ring is 1. The first-order valence-electron chi connectivity index (χ1n) is 5.67. The summed E-state index contributed by atoms with van der Waals surface area (Å²) in [5.41, 5.74) is 7.19.